The summed E-state index contributed by atoms with van der Waals surface area (Å²) in [4.78, 5) is 12.5. The van der Waals surface area contributed by atoms with Crippen molar-refractivity contribution in [3.63, 3.8) is 0 Å². The van der Waals surface area contributed by atoms with Crippen molar-refractivity contribution in [1.82, 2.24) is 9.78 Å². The number of aromatic nitrogens is 2. The van der Waals surface area contributed by atoms with E-state index < -0.39 is 0 Å². The van der Waals surface area contributed by atoms with E-state index in [0.29, 0.717) is 24.3 Å². The van der Waals surface area contributed by atoms with Crippen LogP contribution in [0, 0.1) is 0 Å². The summed E-state index contributed by atoms with van der Waals surface area (Å²) in [6, 6.07) is 14.7. The second kappa shape index (κ2) is 6.41. The molecular formula is C17H16N2O3. The monoisotopic (exact) mass is 296 g/mol. The summed E-state index contributed by atoms with van der Waals surface area (Å²) < 4.78 is 11.8. The van der Waals surface area contributed by atoms with Gasteiger partial charge in [-0.1, -0.05) is 18.2 Å². The van der Waals surface area contributed by atoms with Gasteiger partial charge in [0.15, 0.2) is 0 Å². The third kappa shape index (κ3) is 2.84. The van der Waals surface area contributed by atoms with Gasteiger partial charge in [0.05, 0.1) is 23.9 Å². The highest BCUT2D eigenvalue weighted by molar-refractivity contribution is 5.80. The Balaban J connectivity index is 1.91. The third-order valence-electron chi connectivity index (χ3n) is 3.33. The summed E-state index contributed by atoms with van der Waals surface area (Å²) in [5.74, 6) is 0.731. The van der Waals surface area contributed by atoms with E-state index in [2.05, 4.69) is 5.10 Å². The molecule has 0 aliphatic carbocycles. The Morgan fingerprint density at radius 3 is 2.59 bits per heavy atom. The van der Waals surface area contributed by atoms with E-state index in [0.717, 1.165) is 11.1 Å². The van der Waals surface area contributed by atoms with Crippen molar-refractivity contribution >= 4 is 10.8 Å². The van der Waals surface area contributed by atoms with E-state index in [-0.39, 0.29) is 5.56 Å². The van der Waals surface area contributed by atoms with Gasteiger partial charge >= 0.3 is 0 Å². The van der Waals surface area contributed by atoms with Crippen LogP contribution in [0.4, 0.5) is 0 Å². The van der Waals surface area contributed by atoms with Crippen molar-refractivity contribution in [3.05, 3.63) is 65.1 Å². The second-order valence-electron chi connectivity index (χ2n) is 4.78. The van der Waals surface area contributed by atoms with Crippen LogP contribution in [0.1, 0.15) is 0 Å². The smallest absolute Gasteiger partial charge is 0.279 e. The molecule has 0 aliphatic rings. The van der Waals surface area contributed by atoms with Crippen molar-refractivity contribution in [2.24, 2.45) is 0 Å². The van der Waals surface area contributed by atoms with E-state index in [1.165, 1.54) is 4.68 Å². The van der Waals surface area contributed by atoms with Crippen LogP contribution in [0.3, 0.4) is 0 Å². The summed E-state index contributed by atoms with van der Waals surface area (Å²) >= 11 is 0. The van der Waals surface area contributed by atoms with Crippen LogP contribution in [-0.2, 0) is 4.74 Å². The van der Waals surface area contributed by atoms with Crippen LogP contribution >= 0.6 is 0 Å². The lowest BCUT2D eigenvalue weighted by Gasteiger charge is -2.08. The molecule has 0 atom stereocenters. The number of ether oxygens (including phenoxy) is 2. The fraction of sp³-hybridized carbons (Fsp3) is 0.176. The molecule has 22 heavy (non-hydrogen) atoms. The molecule has 3 aromatic rings. The fourth-order valence-electron chi connectivity index (χ4n) is 2.20. The quantitative estimate of drug-likeness (QED) is 0.678. The Kier molecular flexibility index (Phi) is 4.16. The third-order valence-corrected chi connectivity index (χ3v) is 3.33. The average Bonchev–Trinajstić information content (AvgIpc) is 2.57. The van der Waals surface area contributed by atoms with Gasteiger partial charge in [-0.2, -0.15) is 9.78 Å². The first-order valence-corrected chi connectivity index (χ1v) is 6.99. The number of benzene rings is 2. The lowest BCUT2D eigenvalue weighted by molar-refractivity contribution is 0.146. The van der Waals surface area contributed by atoms with Gasteiger partial charge in [-0.15, -0.1) is 0 Å². The van der Waals surface area contributed by atoms with Gasteiger partial charge in [0.25, 0.3) is 5.56 Å². The maximum atomic E-state index is 12.5. The molecule has 0 fully saturated rings. The van der Waals surface area contributed by atoms with Crippen LogP contribution < -0.4 is 10.3 Å². The van der Waals surface area contributed by atoms with Gasteiger partial charge < -0.3 is 9.47 Å². The average molecular weight is 296 g/mol. The molecule has 112 valence electrons. The Morgan fingerprint density at radius 1 is 1.05 bits per heavy atom. The molecule has 2 aromatic carbocycles. The fourth-order valence-corrected chi connectivity index (χ4v) is 2.20. The Bertz CT molecular complexity index is 825. The summed E-state index contributed by atoms with van der Waals surface area (Å²) in [6.07, 6.45) is 1.69. The topological polar surface area (TPSA) is 53.4 Å². The SMILES string of the molecule is COCCOc1ccc(-n2ncc3ccccc3c2=O)cc1. The first kappa shape index (κ1) is 14.3. The highest BCUT2D eigenvalue weighted by Crippen LogP contribution is 2.15. The van der Waals surface area contributed by atoms with Gasteiger partial charge in [0.2, 0.25) is 0 Å². The predicted octanol–water partition coefficient (Wildman–Crippen LogP) is 2.41. The lowest BCUT2D eigenvalue weighted by atomic mass is 10.2. The van der Waals surface area contributed by atoms with Gasteiger partial charge in [0, 0.05) is 12.5 Å². The van der Waals surface area contributed by atoms with Crippen LogP contribution in [0.2, 0.25) is 0 Å². The number of hydrogen-bond acceptors (Lipinski definition) is 4. The van der Waals surface area contributed by atoms with Crippen molar-refractivity contribution in [3.8, 4) is 11.4 Å². The standard InChI is InChI=1S/C17H16N2O3/c1-21-10-11-22-15-8-6-14(7-9-15)19-17(20)16-5-3-2-4-13(16)12-18-19/h2-9,12H,10-11H2,1H3. The van der Waals surface area contributed by atoms with Crippen LogP contribution in [0.15, 0.2) is 59.5 Å². The Morgan fingerprint density at radius 2 is 1.82 bits per heavy atom. The van der Waals surface area contributed by atoms with E-state index in [1.807, 2.05) is 42.5 Å². The van der Waals surface area contributed by atoms with Gasteiger partial charge in [-0.25, -0.2) is 0 Å². The second-order valence-corrected chi connectivity index (χ2v) is 4.78. The van der Waals surface area contributed by atoms with E-state index in [1.54, 1.807) is 19.4 Å². The number of nitrogens with zero attached hydrogens (tertiary/aromatic N) is 2. The molecule has 0 spiro atoms. The molecule has 0 amide bonds. The Hall–Kier alpha value is -2.66. The first-order valence-electron chi connectivity index (χ1n) is 6.99. The first-order chi connectivity index (χ1) is 10.8. The maximum Gasteiger partial charge on any atom is 0.279 e. The maximum absolute atomic E-state index is 12.5. The lowest BCUT2D eigenvalue weighted by Crippen LogP contribution is -2.20. The highest BCUT2D eigenvalue weighted by Gasteiger charge is 2.05. The van der Waals surface area contributed by atoms with Crippen LogP contribution in [-0.4, -0.2) is 30.1 Å². The number of hydrogen-bond donors (Lipinski definition) is 0. The zero-order chi connectivity index (χ0) is 15.4. The molecule has 3 rings (SSSR count). The molecule has 0 unspecified atom stereocenters. The zero-order valence-electron chi connectivity index (χ0n) is 12.2. The van der Waals surface area contributed by atoms with Crippen LogP contribution in [0.25, 0.3) is 16.5 Å². The van der Waals surface area contributed by atoms with E-state index in [9.17, 15) is 4.79 Å². The van der Waals surface area contributed by atoms with Crippen molar-refractivity contribution in [2.75, 3.05) is 20.3 Å². The molecule has 1 heterocycles. The van der Waals surface area contributed by atoms with Gasteiger partial charge in [-0.05, 0) is 30.3 Å². The van der Waals surface area contributed by atoms with Crippen molar-refractivity contribution in [2.45, 2.75) is 0 Å². The van der Waals surface area contributed by atoms with Gasteiger partial charge in [-0.3, -0.25) is 4.79 Å². The molecule has 5 nitrogen and oxygen atoms in total. The summed E-state index contributed by atoms with van der Waals surface area (Å²) in [7, 11) is 1.63. The molecule has 5 heteroatoms. The Labute approximate surface area is 127 Å². The number of fused-ring (bicyclic) bond motifs is 1. The van der Waals surface area contributed by atoms with E-state index >= 15 is 0 Å². The molecule has 1 aromatic heterocycles. The van der Waals surface area contributed by atoms with Crippen molar-refractivity contribution in [1.29, 1.82) is 0 Å². The molecular weight excluding hydrogens is 280 g/mol. The highest BCUT2D eigenvalue weighted by atomic mass is 16.5. The number of rotatable bonds is 5. The summed E-state index contributed by atoms with van der Waals surface area (Å²) in [5, 5.41) is 5.71. The van der Waals surface area contributed by atoms with Crippen LogP contribution in [0.5, 0.6) is 5.75 Å². The zero-order valence-corrected chi connectivity index (χ0v) is 12.2. The van der Waals surface area contributed by atoms with Gasteiger partial charge in [0.1, 0.15) is 12.4 Å². The normalized spacial score (nSPS) is 10.8. The molecule has 0 radical (unpaired) electrons. The molecule has 0 saturated heterocycles. The summed E-state index contributed by atoms with van der Waals surface area (Å²) in [5.41, 5.74) is 0.570. The van der Waals surface area contributed by atoms with Crippen molar-refractivity contribution < 1.29 is 9.47 Å². The molecule has 0 saturated carbocycles. The molecule has 0 aliphatic heterocycles. The molecule has 0 bridgehead atoms. The molecule has 0 N–H and O–H groups in total. The summed E-state index contributed by atoms with van der Waals surface area (Å²) in [6.45, 7) is 1.03. The largest absolute Gasteiger partial charge is 0.491 e. The minimum Gasteiger partial charge on any atom is -0.491 e. The predicted molar refractivity (Wildman–Crippen MR) is 84.7 cm³/mol. The van der Waals surface area contributed by atoms with E-state index in [4.69, 9.17) is 9.47 Å². The minimum atomic E-state index is -0.133. The number of methoxy groups -OCH3 is 1. The minimum absolute atomic E-state index is 0.133.